The number of hydrogen-bond acceptors (Lipinski definition) is 6. The summed E-state index contributed by atoms with van der Waals surface area (Å²) in [5.41, 5.74) is 0. The molecule has 0 unspecified atom stereocenters. The number of thiazole rings is 1. The first-order chi connectivity index (χ1) is 12.8. The average molecular weight is 375 g/mol. The lowest BCUT2D eigenvalue weighted by Gasteiger charge is -2.41. The Kier molecular flexibility index (Phi) is 5.50. The smallest absolute Gasteiger partial charge is 0.273 e. The molecule has 1 amide bonds. The fourth-order valence-corrected chi connectivity index (χ4v) is 4.43. The van der Waals surface area contributed by atoms with E-state index in [1.165, 1.54) is 0 Å². The summed E-state index contributed by atoms with van der Waals surface area (Å²) < 4.78 is 7.65. The van der Waals surface area contributed by atoms with Crippen LogP contribution in [0.4, 0.5) is 0 Å². The van der Waals surface area contributed by atoms with Crippen LogP contribution in [0.25, 0.3) is 0 Å². The van der Waals surface area contributed by atoms with Gasteiger partial charge in [-0.15, -0.1) is 0 Å². The lowest BCUT2D eigenvalue weighted by atomic mass is 9.99. The van der Waals surface area contributed by atoms with E-state index >= 15 is 0 Å². The molecule has 140 valence electrons. The maximum atomic E-state index is 12.4. The topological polar surface area (TPSA) is 63.5 Å². The van der Waals surface area contributed by atoms with Crippen LogP contribution in [-0.4, -0.2) is 68.8 Å². The second-order valence-electron chi connectivity index (χ2n) is 6.97. The van der Waals surface area contributed by atoms with Gasteiger partial charge in [0.1, 0.15) is 12.6 Å². The van der Waals surface area contributed by atoms with Gasteiger partial charge in [-0.2, -0.15) is 5.10 Å². The van der Waals surface area contributed by atoms with Crippen LogP contribution in [-0.2, 0) is 11.3 Å². The Balaban J connectivity index is 1.20. The molecule has 4 rings (SSSR count). The Bertz CT molecular complexity index is 675. The van der Waals surface area contributed by atoms with Crippen LogP contribution in [0.1, 0.15) is 25.7 Å². The highest BCUT2D eigenvalue weighted by Gasteiger charge is 2.30. The number of rotatable bonds is 5. The third kappa shape index (κ3) is 4.24. The van der Waals surface area contributed by atoms with Crippen LogP contribution in [0.2, 0.25) is 0 Å². The molecule has 0 N–H and O–H groups in total. The van der Waals surface area contributed by atoms with E-state index in [4.69, 9.17) is 4.74 Å². The minimum atomic E-state index is 0.169. The van der Waals surface area contributed by atoms with Crippen LogP contribution in [0.15, 0.2) is 30.0 Å². The van der Waals surface area contributed by atoms with Crippen molar-refractivity contribution < 1.29 is 9.53 Å². The van der Waals surface area contributed by atoms with Gasteiger partial charge in [0.05, 0.1) is 0 Å². The molecule has 0 aromatic carbocycles. The number of nitrogens with zero attached hydrogens (tertiary/aromatic N) is 5. The molecule has 0 bridgehead atoms. The molecule has 8 heteroatoms. The molecule has 2 fully saturated rings. The highest BCUT2D eigenvalue weighted by Crippen LogP contribution is 2.24. The molecular formula is C18H25N5O2S. The number of hydrogen-bond donors (Lipinski definition) is 0. The Morgan fingerprint density at radius 3 is 2.62 bits per heavy atom. The van der Waals surface area contributed by atoms with Crippen molar-refractivity contribution in [3.63, 3.8) is 0 Å². The van der Waals surface area contributed by atoms with E-state index in [2.05, 4.69) is 15.0 Å². The minimum Gasteiger partial charge on any atom is -0.467 e. The van der Waals surface area contributed by atoms with Crippen LogP contribution in [0.5, 0.6) is 5.19 Å². The van der Waals surface area contributed by atoms with Gasteiger partial charge in [-0.05, 0) is 31.7 Å². The molecule has 2 aliphatic rings. The summed E-state index contributed by atoms with van der Waals surface area (Å²) in [4.78, 5) is 21.1. The zero-order valence-electron chi connectivity index (χ0n) is 14.9. The molecule has 0 radical (unpaired) electrons. The van der Waals surface area contributed by atoms with Crippen molar-refractivity contribution in [3.05, 3.63) is 30.0 Å². The molecule has 7 nitrogen and oxygen atoms in total. The molecule has 0 saturated carbocycles. The summed E-state index contributed by atoms with van der Waals surface area (Å²) in [5.74, 6) is 0.169. The van der Waals surface area contributed by atoms with Gasteiger partial charge in [0.2, 0.25) is 5.91 Å². The summed E-state index contributed by atoms with van der Waals surface area (Å²) >= 11 is 1.56. The van der Waals surface area contributed by atoms with Gasteiger partial charge in [0.25, 0.3) is 5.19 Å². The van der Waals surface area contributed by atoms with Crippen molar-refractivity contribution in [2.75, 3.05) is 26.2 Å². The minimum absolute atomic E-state index is 0.169. The molecule has 0 aliphatic carbocycles. The van der Waals surface area contributed by atoms with E-state index < -0.39 is 0 Å². The molecule has 4 heterocycles. The Morgan fingerprint density at radius 2 is 1.96 bits per heavy atom. The van der Waals surface area contributed by atoms with Crippen molar-refractivity contribution in [2.45, 2.75) is 44.4 Å². The maximum Gasteiger partial charge on any atom is 0.273 e. The fraction of sp³-hybridized carbons (Fsp3) is 0.611. The summed E-state index contributed by atoms with van der Waals surface area (Å²) in [6.45, 7) is 4.18. The van der Waals surface area contributed by atoms with Crippen LogP contribution < -0.4 is 4.74 Å². The third-order valence-electron chi connectivity index (χ3n) is 5.34. The predicted octanol–water partition coefficient (Wildman–Crippen LogP) is 1.87. The van der Waals surface area contributed by atoms with E-state index in [9.17, 15) is 4.79 Å². The summed E-state index contributed by atoms with van der Waals surface area (Å²) in [5, 5.41) is 6.85. The zero-order valence-corrected chi connectivity index (χ0v) is 15.7. The first-order valence-corrected chi connectivity index (χ1v) is 10.2. The summed E-state index contributed by atoms with van der Waals surface area (Å²) in [6.07, 6.45) is 9.84. The van der Waals surface area contributed by atoms with Crippen molar-refractivity contribution in [1.29, 1.82) is 0 Å². The van der Waals surface area contributed by atoms with Gasteiger partial charge in [-0.25, -0.2) is 4.98 Å². The van der Waals surface area contributed by atoms with Crippen LogP contribution in [0, 0.1) is 0 Å². The Labute approximate surface area is 157 Å². The number of piperidine rings is 2. The van der Waals surface area contributed by atoms with Crippen LogP contribution in [0.3, 0.4) is 0 Å². The monoisotopic (exact) mass is 375 g/mol. The van der Waals surface area contributed by atoms with Crippen molar-refractivity contribution in [1.82, 2.24) is 24.6 Å². The van der Waals surface area contributed by atoms with Gasteiger partial charge in [-0.1, -0.05) is 11.3 Å². The number of aromatic nitrogens is 3. The molecule has 2 aromatic rings. The normalized spacial score (nSPS) is 20.4. The maximum absolute atomic E-state index is 12.4. The van der Waals surface area contributed by atoms with Crippen molar-refractivity contribution >= 4 is 17.2 Å². The SMILES string of the molecule is O=C(Cn1cccn1)N1CCC(N2CCC(Oc3nccs3)CC2)CC1. The van der Waals surface area contributed by atoms with Gasteiger partial charge < -0.3 is 9.64 Å². The molecule has 0 atom stereocenters. The van der Waals surface area contributed by atoms with E-state index in [-0.39, 0.29) is 12.0 Å². The van der Waals surface area contributed by atoms with Gasteiger partial charge >= 0.3 is 0 Å². The molecule has 2 aliphatic heterocycles. The van der Waals surface area contributed by atoms with Gasteiger partial charge in [0, 0.05) is 56.2 Å². The second kappa shape index (κ2) is 8.18. The predicted molar refractivity (Wildman–Crippen MR) is 99.2 cm³/mol. The first kappa shape index (κ1) is 17.5. The highest BCUT2D eigenvalue weighted by atomic mass is 32.1. The average Bonchev–Trinajstić information content (AvgIpc) is 3.37. The summed E-state index contributed by atoms with van der Waals surface area (Å²) in [7, 11) is 0. The summed E-state index contributed by atoms with van der Waals surface area (Å²) in [6, 6.07) is 2.44. The highest BCUT2D eigenvalue weighted by molar-refractivity contribution is 7.11. The van der Waals surface area contributed by atoms with E-state index in [1.807, 2.05) is 22.5 Å². The Morgan fingerprint density at radius 1 is 1.15 bits per heavy atom. The lowest BCUT2D eigenvalue weighted by Crippen LogP contribution is -2.50. The largest absolute Gasteiger partial charge is 0.467 e. The van der Waals surface area contributed by atoms with Crippen molar-refractivity contribution in [3.8, 4) is 5.19 Å². The van der Waals surface area contributed by atoms with Gasteiger partial charge in [0.15, 0.2) is 0 Å². The van der Waals surface area contributed by atoms with Crippen molar-refractivity contribution in [2.24, 2.45) is 0 Å². The van der Waals surface area contributed by atoms with Crippen LogP contribution >= 0.6 is 11.3 Å². The van der Waals surface area contributed by atoms with E-state index in [1.54, 1.807) is 28.4 Å². The van der Waals surface area contributed by atoms with E-state index in [0.717, 1.165) is 57.1 Å². The standard InChI is InChI=1S/C18H25N5O2S/c24-17(14-23-8-1-6-20-23)22-9-2-15(3-10-22)21-11-4-16(5-12-21)25-18-19-7-13-26-18/h1,6-8,13,15-16H,2-5,9-12,14H2. The van der Waals surface area contributed by atoms with Gasteiger partial charge in [-0.3, -0.25) is 14.4 Å². The quantitative estimate of drug-likeness (QED) is 0.798. The number of likely N-dealkylation sites (tertiary alicyclic amines) is 2. The number of ether oxygens (including phenoxy) is 1. The third-order valence-corrected chi connectivity index (χ3v) is 6.00. The Hall–Kier alpha value is -1.93. The molecule has 26 heavy (non-hydrogen) atoms. The molecule has 0 spiro atoms. The number of amides is 1. The fourth-order valence-electron chi connectivity index (χ4n) is 3.88. The number of carbonyl (C=O) groups is 1. The second-order valence-corrected chi connectivity index (χ2v) is 7.82. The number of carbonyl (C=O) groups excluding carboxylic acids is 1. The molecule has 2 saturated heterocycles. The van der Waals surface area contributed by atoms with E-state index in [0.29, 0.717) is 12.6 Å². The lowest BCUT2D eigenvalue weighted by molar-refractivity contribution is -0.133. The molecular weight excluding hydrogens is 350 g/mol. The zero-order chi connectivity index (χ0) is 17.8. The first-order valence-electron chi connectivity index (χ1n) is 9.33. The molecule has 2 aromatic heterocycles.